The quantitative estimate of drug-likeness (QED) is 0.561. The Morgan fingerprint density at radius 1 is 1.12 bits per heavy atom. The lowest BCUT2D eigenvalue weighted by atomic mass is 10.0. The van der Waals surface area contributed by atoms with Crippen LogP contribution in [-0.2, 0) is 16.1 Å². The SMILES string of the molecule is CN1CCC[C@@H]1C(=O)NC(C)(C)C(=O)Nc1nc(-c2ccc(F)cc2)n(Cc2ccccc2)n1. The number of carbonyl (C=O) groups excluding carboxylic acids is 2. The minimum Gasteiger partial charge on any atom is -0.341 e. The number of amides is 2. The highest BCUT2D eigenvalue weighted by Crippen LogP contribution is 2.22. The van der Waals surface area contributed by atoms with Crippen LogP contribution in [0.4, 0.5) is 10.3 Å². The lowest BCUT2D eigenvalue weighted by Crippen LogP contribution is -2.56. The molecule has 1 atom stereocenters. The van der Waals surface area contributed by atoms with Crippen LogP contribution in [0.1, 0.15) is 32.3 Å². The Hall–Kier alpha value is -3.59. The monoisotopic (exact) mass is 464 g/mol. The van der Waals surface area contributed by atoms with Crippen LogP contribution >= 0.6 is 0 Å². The zero-order valence-electron chi connectivity index (χ0n) is 19.6. The fourth-order valence-corrected chi connectivity index (χ4v) is 4.02. The number of aromatic nitrogens is 3. The van der Waals surface area contributed by atoms with Gasteiger partial charge in [0.1, 0.15) is 11.4 Å². The van der Waals surface area contributed by atoms with E-state index >= 15 is 0 Å². The summed E-state index contributed by atoms with van der Waals surface area (Å²) in [6, 6.07) is 15.4. The Labute approximate surface area is 198 Å². The summed E-state index contributed by atoms with van der Waals surface area (Å²) in [6.07, 6.45) is 1.72. The maximum absolute atomic E-state index is 13.5. The van der Waals surface area contributed by atoms with E-state index in [0.717, 1.165) is 24.9 Å². The summed E-state index contributed by atoms with van der Waals surface area (Å²) < 4.78 is 15.1. The summed E-state index contributed by atoms with van der Waals surface area (Å²) in [6.45, 7) is 4.58. The molecule has 1 saturated heterocycles. The number of carbonyl (C=O) groups is 2. The number of anilines is 1. The number of nitrogens with zero attached hydrogens (tertiary/aromatic N) is 4. The van der Waals surface area contributed by atoms with Gasteiger partial charge in [0.15, 0.2) is 5.82 Å². The molecule has 0 unspecified atom stereocenters. The van der Waals surface area contributed by atoms with Gasteiger partial charge in [-0.25, -0.2) is 9.07 Å². The second-order valence-corrected chi connectivity index (χ2v) is 9.12. The maximum atomic E-state index is 13.5. The molecule has 34 heavy (non-hydrogen) atoms. The van der Waals surface area contributed by atoms with Crippen molar-refractivity contribution in [2.75, 3.05) is 18.9 Å². The molecule has 1 aliphatic heterocycles. The molecule has 0 radical (unpaired) electrons. The van der Waals surface area contributed by atoms with Gasteiger partial charge < -0.3 is 5.32 Å². The average molecular weight is 465 g/mol. The van der Waals surface area contributed by atoms with Gasteiger partial charge in [0.2, 0.25) is 11.9 Å². The van der Waals surface area contributed by atoms with Crippen molar-refractivity contribution in [2.45, 2.75) is 44.8 Å². The number of benzene rings is 2. The van der Waals surface area contributed by atoms with Crippen molar-refractivity contribution in [1.82, 2.24) is 25.0 Å². The molecule has 2 amide bonds. The number of likely N-dealkylation sites (tertiary alicyclic amines) is 1. The van der Waals surface area contributed by atoms with E-state index in [1.807, 2.05) is 42.3 Å². The molecule has 8 nitrogen and oxygen atoms in total. The Bertz CT molecular complexity index is 1160. The summed E-state index contributed by atoms with van der Waals surface area (Å²) in [5, 5.41) is 10.1. The fraction of sp³-hybridized carbons (Fsp3) is 0.360. The van der Waals surface area contributed by atoms with Crippen molar-refractivity contribution in [2.24, 2.45) is 0 Å². The van der Waals surface area contributed by atoms with Crippen molar-refractivity contribution >= 4 is 17.8 Å². The van der Waals surface area contributed by atoms with Crippen molar-refractivity contribution in [3.8, 4) is 11.4 Å². The highest BCUT2D eigenvalue weighted by atomic mass is 19.1. The van der Waals surface area contributed by atoms with Gasteiger partial charge in [-0.3, -0.25) is 19.8 Å². The Balaban J connectivity index is 1.54. The fourth-order valence-electron chi connectivity index (χ4n) is 4.02. The van der Waals surface area contributed by atoms with Crippen LogP contribution < -0.4 is 10.6 Å². The zero-order chi connectivity index (χ0) is 24.3. The van der Waals surface area contributed by atoms with Crippen LogP contribution in [0.25, 0.3) is 11.4 Å². The number of hydrogen-bond donors (Lipinski definition) is 2. The Kier molecular flexibility index (Phi) is 6.74. The van der Waals surface area contributed by atoms with E-state index in [-0.39, 0.29) is 23.7 Å². The standard InChI is InChI=1S/C25H29FN6O2/c1-25(2,29-22(33)20-10-7-15-31(20)3)23(34)28-24-27-21(18-11-13-19(26)14-12-18)32(30-24)16-17-8-5-4-6-9-17/h4-6,8-9,11-14,20H,7,10,15-16H2,1-3H3,(H,29,33)(H,28,30,34)/t20-/m1/s1. The van der Waals surface area contributed by atoms with Gasteiger partial charge in [0, 0.05) is 5.56 Å². The molecular weight excluding hydrogens is 435 g/mol. The van der Waals surface area contributed by atoms with Gasteiger partial charge in [-0.2, -0.15) is 4.98 Å². The van der Waals surface area contributed by atoms with Crippen molar-refractivity contribution in [3.05, 3.63) is 66.0 Å². The molecule has 0 saturated carbocycles. The van der Waals surface area contributed by atoms with E-state index in [2.05, 4.69) is 20.7 Å². The second kappa shape index (κ2) is 9.72. The molecule has 1 aliphatic rings. The van der Waals surface area contributed by atoms with Crippen LogP contribution in [0, 0.1) is 5.82 Å². The molecule has 2 aromatic carbocycles. The van der Waals surface area contributed by atoms with Gasteiger partial charge in [-0.15, -0.1) is 5.10 Å². The molecule has 1 fully saturated rings. The van der Waals surface area contributed by atoms with Crippen LogP contribution in [0.5, 0.6) is 0 Å². The van der Waals surface area contributed by atoms with Crippen LogP contribution in [0.2, 0.25) is 0 Å². The molecule has 0 bridgehead atoms. The molecule has 0 spiro atoms. The molecule has 1 aromatic heterocycles. The lowest BCUT2D eigenvalue weighted by Gasteiger charge is -2.28. The predicted molar refractivity (Wildman–Crippen MR) is 127 cm³/mol. The van der Waals surface area contributed by atoms with Crippen LogP contribution in [0.15, 0.2) is 54.6 Å². The van der Waals surface area contributed by atoms with E-state index in [1.165, 1.54) is 12.1 Å². The van der Waals surface area contributed by atoms with E-state index in [4.69, 9.17) is 0 Å². The minimum absolute atomic E-state index is 0.112. The van der Waals surface area contributed by atoms with Gasteiger partial charge in [-0.05, 0) is 70.1 Å². The van der Waals surface area contributed by atoms with Crippen LogP contribution in [0.3, 0.4) is 0 Å². The molecule has 0 aliphatic carbocycles. The highest BCUT2D eigenvalue weighted by molar-refractivity contribution is 5.99. The number of nitrogens with one attached hydrogen (secondary N) is 2. The smallest absolute Gasteiger partial charge is 0.251 e. The molecule has 2 N–H and O–H groups in total. The Morgan fingerprint density at radius 2 is 1.82 bits per heavy atom. The molecule has 3 aromatic rings. The zero-order valence-corrected chi connectivity index (χ0v) is 19.6. The van der Waals surface area contributed by atoms with Gasteiger partial charge in [-0.1, -0.05) is 30.3 Å². The van der Waals surface area contributed by atoms with E-state index < -0.39 is 11.4 Å². The predicted octanol–water partition coefficient (Wildman–Crippen LogP) is 3.06. The second-order valence-electron chi connectivity index (χ2n) is 9.12. The van der Waals surface area contributed by atoms with Gasteiger partial charge in [0.05, 0.1) is 12.6 Å². The third-order valence-electron chi connectivity index (χ3n) is 6.00. The largest absolute Gasteiger partial charge is 0.341 e. The lowest BCUT2D eigenvalue weighted by molar-refractivity contribution is -0.131. The first-order valence-electron chi connectivity index (χ1n) is 11.3. The normalized spacial score (nSPS) is 16.4. The highest BCUT2D eigenvalue weighted by Gasteiger charge is 2.35. The molecule has 9 heteroatoms. The van der Waals surface area contributed by atoms with Gasteiger partial charge >= 0.3 is 0 Å². The van der Waals surface area contributed by atoms with Crippen LogP contribution in [-0.4, -0.2) is 56.7 Å². The summed E-state index contributed by atoms with van der Waals surface area (Å²) >= 11 is 0. The topological polar surface area (TPSA) is 92.2 Å². The third-order valence-corrected chi connectivity index (χ3v) is 6.00. The molecular formula is C25H29FN6O2. The Morgan fingerprint density at radius 3 is 2.47 bits per heavy atom. The minimum atomic E-state index is -1.17. The van der Waals surface area contributed by atoms with E-state index in [1.54, 1.807) is 30.7 Å². The van der Waals surface area contributed by atoms with Crippen molar-refractivity contribution in [1.29, 1.82) is 0 Å². The first-order valence-corrected chi connectivity index (χ1v) is 11.3. The molecule has 178 valence electrons. The summed E-state index contributed by atoms with van der Waals surface area (Å²) in [5.74, 6) is -0.343. The molecule has 4 rings (SSSR count). The number of halogens is 1. The van der Waals surface area contributed by atoms with E-state index in [0.29, 0.717) is 17.9 Å². The summed E-state index contributed by atoms with van der Waals surface area (Å²) in [7, 11) is 1.91. The van der Waals surface area contributed by atoms with Crippen molar-refractivity contribution in [3.63, 3.8) is 0 Å². The van der Waals surface area contributed by atoms with Gasteiger partial charge in [0.25, 0.3) is 5.91 Å². The first-order chi connectivity index (χ1) is 16.2. The summed E-state index contributed by atoms with van der Waals surface area (Å²) in [5.41, 5.74) is 0.505. The average Bonchev–Trinajstić information content (AvgIpc) is 3.40. The first kappa shape index (κ1) is 23.6. The number of rotatable bonds is 7. The maximum Gasteiger partial charge on any atom is 0.251 e. The third kappa shape index (κ3) is 5.31. The van der Waals surface area contributed by atoms with Crippen molar-refractivity contribution < 1.29 is 14.0 Å². The van der Waals surface area contributed by atoms with E-state index in [9.17, 15) is 14.0 Å². The number of likely N-dealkylation sites (N-methyl/N-ethyl adjacent to an activating group) is 1. The summed E-state index contributed by atoms with van der Waals surface area (Å²) in [4.78, 5) is 32.2. The molecule has 2 heterocycles. The number of hydrogen-bond acceptors (Lipinski definition) is 5.